The second kappa shape index (κ2) is 15.0. The number of anilines is 1. The Labute approximate surface area is 294 Å². The van der Waals surface area contributed by atoms with Crippen LogP contribution in [0.4, 0.5) is 5.69 Å². The summed E-state index contributed by atoms with van der Waals surface area (Å²) in [6.07, 6.45) is 10.9. The molecule has 8 nitrogen and oxygen atoms in total. The molecule has 0 radical (unpaired) electrons. The molecule has 3 aliphatic rings. The van der Waals surface area contributed by atoms with E-state index in [1.54, 1.807) is 12.1 Å². The number of ether oxygens (including phenoxy) is 2. The summed E-state index contributed by atoms with van der Waals surface area (Å²) in [6.45, 7) is 5.61. The van der Waals surface area contributed by atoms with E-state index in [9.17, 15) is 14.7 Å². The third kappa shape index (κ3) is 7.69. The number of nitrogens with one attached hydrogen (secondary N) is 1. The number of hydrogen-bond acceptors (Lipinski definition) is 6. The molecule has 3 atom stereocenters. The third-order valence-electron chi connectivity index (χ3n) is 11.3. The number of aryl methyl sites for hydroxylation is 1. The molecule has 262 valence electrons. The van der Waals surface area contributed by atoms with Gasteiger partial charge in [0.1, 0.15) is 17.0 Å². The summed E-state index contributed by atoms with van der Waals surface area (Å²) in [5.74, 6) is 1.19. The van der Waals surface area contributed by atoms with Crippen LogP contribution < -0.4 is 14.8 Å². The van der Waals surface area contributed by atoms with E-state index in [0.29, 0.717) is 67.4 Å². The van der Waals surface area contributed by atoms with Crippen LogP contribution in [0.2, 0.25) is 5.02 Å². The lowest BCUT2D eigenvalue weighted by Crippen LogP contribution is -2.53. The van der Waals surface area contributed by atoms with Crippen LogP contribution in [0.5, 0.6) is 11.5 Å². The molecule has 0 saturated heterocycles. The van der Waals surface area contributed by atoms with Gasteiger partial charge in [-0.25, -0.2) is 4.79 Å². The normalized spacial score (nSPS) is 24.9. The van der Waals surface area contributed by atoms with Gasteiger partial charge in [0, 0.05) is 34.6 Å². The molecular weight excluding hydrogens is 640 g/mol. The highest BCUT2D eigenvalue weighted by Crippen LogP contribution is 2.56. The Morgan fingerprint density at radius 2 is 1.88 bits per heavy atom. The molecule has 1 aromatic heterocycles. The Balaban J connectivity index is 1.21. The standard InChI is InChI=1S/C40H49ClN2O6/c1-26(25-49-35-14-19-42-34-10-5-7-27(2)37(34)35)21-29-22-28-12-13-32(48-20-4-3-11-36(44)45)24-33(28)39(29)15-17-40(18-16-39,38(46)47)43-31-9-6-8-30(41)23-31/h6,8-9,12-14,19,23-24,26-27,29,43H,3-5,7,10-11,15-18,20-22,25H2,1-2H3,(H,44,45)(H,46,47)/t26-,27-,29+,39?,40?/m1/s1. The van der Waals surface area contributed by atoms with Gasteiger partial charge >= 0.3 is 11.9 Å². The first-order valence-electron chi connectivity index (χ1n) is 17.9. The smallest absolute Gasteiger partial charge is 0.329 e. The molecule has 2 aromatic carbocycles. The molecule has 49 heavy (non-hydrogen) atoms. The van der Waals surface area contributed by atoms with Crippen LogP contribution in [-0.2, 0) is 27.8 Å². The van der Waals surface area contributed by atoms with E-state index in [1.165, 1.54) is 28.8 Å². The quantitative estimate of drug-likeness (QED) is 0.144. The van der Waals surface area contributed by atoms with E-state index in [1.807, 2.05) is 30.5 Å². The first-order valence-corrected chi connectivity index (χ1v) is 18.3. The Hall–Kier alpha value is -3.78. The van der Waals surface area contributed by atoms with E-state index in [4.69, 9.17) is 26.2 Å². The monoisotopic (exact) mass is 688 g/mol. The Morgan fingerprint density at radius 3 is 2.63 bits per heavy atom. The second-order valence-corrected chi connectivity index (χ2v) is 15.1. The molecule has 0 bridgehead atoms. The zero-order chi connectivity index (χ0) is 34.6. The number of carbonyl (C=O) groups is 2. The predicted molar refractivity (Wildman–Crippen MR) is 191 cm³/mol. The number of hydrogen-bond donors (Lipinski definition) is 3. The van der Waals surface area contributed by atoms with Gasteiger partial charge in [-0.1, -0.05) is 37.6 Å². The van der Waals surface area contributed by atoms with Crippen LogP contribution >= 0.6 is 11.6 Å². The largest absolute Gasteiger partial charge is 0.494 e. The molecule has 9 heteroatoms. The van der Waals surface area contributed by atoms with Crippen molar-refractivity contribution in [2.45, 2.75) is 108 Å². The molecule has 1 heterocycles. The van der Waals surface area contributed by atoms with Crippen molar-refractivity contribution in [3.8, 4) is 11.5 Å². The molecule has 3 N–H and O–H groups in total. The fourth-order valence-corrected chi connectivity index (χ4v) is 8.93. The highest BCUT2D eigenvalue weighted by molar-refractivity contribution is 6.30. The van der Waals surface area contributed by atoms with E-state index in [2.05, 4.69) is 36.3 Å². The molecule has 0 unspecified atom stereocenters. The molecule has 1 spiro atoms. The van der Waals surface area contributed by atoms with Gasteiger partial charge in [-0.15, -0.1) is 0 Å². The van der Waals surface area contributed by atoms with Gasteiger partial charge in [0.05, 0.1) is 13.2 Å². The topological polar surface area (TPSA) is 118 Å². The van der Waals surface area contributed by atoms with Crippen LogP contribution in [-0.4, -0.2) is 45.9 Å². The Morgan fingerprint density at radius 1 is 1.06 bits per heavy atom. The molecule has 0 aliphatic heterocycles. The summed E-state index contributed by atoms with van der Waals surface area (Å²) in [4.78, 5) is 28.5. The summed E-state index contributed by atoms with van der Waals surface area (Å²) in [5.41, 5.74) is 4.45. The maximum absolute atomic E-state index is 12.9. The molecule has 3 aromatic rings. The highest BCUT2D eigenvalue weighted by Gasteiger charge is 2.54. The van der Waals surface area contributed by atoms with Crippen LogP contribution in [0.25, 0.3) is 0 Å². The van der Waals surface area contributed by atoms with Gasteiger partial charge in [-0.3, -0.25) is 9.78 Å². The lowest BCUT2D eigenvalue weighted by molar-refractivity contribution is -0.144. The van der Waals surface area contributed by atoms with Gasteiger partial charge in [0.25, 0.3) is 0 Å². The lowest BCUT2D eigenvalue weighted by atomic mass is 9.59. The van der Waals surface area contributed by atoms with Crippen molar-refractivity contribution in [1.29, 1.82) is 0 Å². The predicted octanol–water partition coefficient (Wildman–Crippen LogP) is 8.83. The first kappa shape index (κ1) is 35.1. The zero-order valence-corrected chi connectivity index (χ0v) is 29.4. The zero-order valence-electron chi connectivity index (χ0n) is 28.7. The maximum atomic E-state index is 12.9. The number of nitrogens with zero attached hydrogens (tertiary/aromatic N) is 1. The average Bonchev–Trinajstić information content (AvgIpc) is 3.36. The molecule has 0 amide bonds. The third-order valence-corrected chi connectivity index (χ3v) is 11.6. The van der Waals surface area contributed by atoms with Crippen molar-refractivity contribution >= 4 is 29.2 Å². The number of pyridine rings is 1. The first-order chi connectivity index (χ1) is 23.6. The number of carboxylic acids is 2. The molecule has 1 fully saturated rings. The SMILES string of the molecule is C[C@@H](COc1ccnc2c1[C@H](C)CCC2)C[C@H]1Cc2ccc(OCCCCC(=O)O)cc2C12CCC(Nc1cccc(Cl)c1)(C(=O)O)CC2. The van der Waals surface area contributed by atoms with Crippen LogP contribution in [0.3, 0.4) is 0 Å². The number of halogens is 1. The van der Waals surface area contributed by atoms with Crippen molar-refractivity contribution in [3.05, 3.63) is 82.1 Å². The average molecular weight is 689 g/mol. The molecule has 6 rings (SSSR count). The van der Waals surface area contributed by atoms with Gasteiger partial charge in [0.15, 0.2) is 0 Å². The maximum Gasteiger partial charge on any atom is 0.329 e. The number of unbranched alkanes of at least 4 members (excludes halogenated alkanes) is 1. The Kier molecular flexibility index (Phi) is 10.7. The summed E-state index contributed by atoms with van der Waals surface area (Å²) in [5, 5.41) is 23.5. The fourth-order valence-electron chi connectivity index (χ4n) is 8.73. The summed E-state index contributed by atoms with van der Waals surface area (Å²) >= 11 is 6.26. The summed E-state index contributed by atoms with van der Waals surface area (Å²) in [7, 11) is 0. The van der Waals surface area contributed by atoms with Gasteiger partial charge in [-0.05, 0) is 141 Å². The van der Waals surface area contributed by atoms with Crippen LogP contribution in [0, 0.1) is 11.8 Å². The molecule has 1 saturated carbocycles. The van der Waals surface area contributed by atoms with Gasteiger partial charge in [-0.2, -0.15) is 0 Å². The van der Waals surface area contributed by atoms with Crippen LogP contribution in [0.15, 0.2) is 54.7 Å². The number of aliphatic carboxylic acids is 2. The fraction of sp³-hybridized carbons (Fsp3) is 0.525. The van der Waals surface area contributed by atoms with Crippen LogP contribution in [0.1, 0.15) is 106 Å². The molecular formula is C40H49ClN2O6. The van der Waals surface area contributed by atoms with E-state index in [0.717, 1.165) is 50.0 Å². The van der Waals surface area contributed by atoms with Gasteiger partial charge in [0.2, 0.25) is 0 Å². The van der Waals surface area contributed by atoms with E-state index in [-0.39, 0.29) is 11.8 Å². The number of benzene rings is 2. The number of aromatic nitrogens is 1. The number of rotatable bonds is 14. The second-order valence-electron chi connectivity index (χ2n) is 14.7. The van der Waals surface area contributed by atoms with Crippen molar-refractivity contribution < 1.29 is 29.3 Å². The summed E-state index contributed by atoms with van der Waals surface area (Å²) in [6, 6.07) is 15.7. The van der Waals surface area contributed by atoms with Crippen molar-refractivity contribution in [3.63, 3.8) is 0 Å². The Bertz CT molecular complexity index is 1650. The number of carboxylic acid groups (broad SMARTS) is 2. The van der Waals surface area contributed by atoms with Crippen molar-refractivity contribution in [2.75, 3.05) is 18.5 Å². The molecule has 3 aliphatic carbocycles. The van der Waals surface area contributed by atoms with Gasteiger partial charge < -0.3 is 25.0 Å². The lowest BCUT2D eigenvalue weighted by Gasteiger charge is -2.47. The highest BCUT2D eigenvalue weighted by atomic mass is 35.5. The number of fused-ring (bicyclic) bond motifs is 3. The van der Waals surface area contributed by atoms with Crippen molar-refractivity contribution in [2.24, 2.45) is 11.8 Å². The van der Waals surface area contributed by atoms with Crippen molar-refractivity contribution in [1.82, 2.24) is 4.98 Å². The summed E-state index contributed by atoms with van der Waals surface area (Å²) < 4.78 is 12.7. The minimum atomic E-state index is -1.09. The van der Waals surface area contributed by atoms with E-state index < -0.39 is 17.5 Å². The minimum absolute atomic E-state index is 0.136. The van der Waals surface area contributed by atoms with E-state index >= 15 is 0 Å². The minimum Gasteiger partial charge on any atom is -0.494 e.